The fourth-order valence-electron chi connectivity index (χ4n) is 1.44. The summed E-state index contributed by atoms with van der Waals surface area (Å²) < 4.78 is 0. The van der Waals surface area contributed by atoms with Gasteiger partial charge in [-0.3, -0.25) is 4.79 Å². The van der Waals surface area contributed by atoms with Crippen LogP contribution in [0.2, 0.25) is 0 Å². The highest BCUT2D eigenvalue weighted by molar-refractivity contribution is 5.92. The van der Waals surface area contributed by atoms with Crippen LogP contribution in [0, 0.1) is 0 Å². The van der Waals surface area contributed by atoms with Gasteiger partial charge in [0.2, 0.25) is 0 Å². The molecule has 1 aromatic heterocycles. The Bertz CT molecular complexity index is 348. The van der Waals surface area contributed by atoms with Crippen molar-refractivity contribution in [2.75, 3.05) is 12.3 Å². The zero-order valence-corrected chi connectivity index (χ0v) is 9.97. The minimum atomic E-state index is -0.0932. The molecule has 0 aromatic carbocycles. The highest BCUT2D eigenvalue weighted by Crippen LogP contribution is 2.07. The van der Waals surface area contributed by atoms with Crippen molar-refractivity contribution in [3.05, 3.63) is 17.8 Å². The van der Waals surface area contributed by atoms with E-state index in [2.05, 4.69) is 10.2 Å². The number of carbonyl (C=O) groups excluding carboxylic acids is 1. The van der Waals surface area contributed by atoms with E-state index in [9.17, 15) is 4.79 Å². The van der Waals surface area contributed by atoms with Gasteiger partial charge in [0.05, 0.1) is 0 Å². The van der Waals surface area contributed by atoms with Crippen molar-refractivity contribution < 1.29 is 4.79 Å². The molecule has 0 bridgehead atoms. The maximum atomic E-state index is 12.1. The van der Waals surface area contributed by atoms with Gasteiger partial charge in [-0.15, -0.1) is 10.2 Å². The number of anilines is 1. The van der Waals surface area contributed by atoms with Gasteiger partial charge in [-0.2, -0.15) is 0 Å². The second kappa shape index (κ2) is 5.44. The fourth-order valence-corrected chi connectivity index (χ4v) is 1.44. The second-order valence-electron chi connectivity index (χ2n) is 3.94. The molecule has 0 radical (unpaired) electrons. The Morgan fingerprint density at radius 3 is 2.56 bits per heavy atom. The maximum absolute atomic E-state index is 12.1. The molecule has 5 nitrogen and oxygen atoms in total. The molecular formula is C11H18N4O. The van der Waals surface area contributed by atoms with Crippen molar-refractivity contribution in [3.63, 3.8) is 0 Å². The normalized spacial score (nSPS) is 10.5. The SMILES string of the molecule is CCCN(C(=O)c1ccc(N)nn1)C(C)C. The predicted octanol–water partition coefficient (Wildman–Crippen LogP) is 1.32. The molecule has 0 spiro atoms. The summed E-state index contributed by atoms with van der Waals surface area (Å²) >= 11 is 0. The highest BCUT2D eigenvalue weighted by atomic mass is 16.2. The van der Waals surface area contributed by atoms with Crippen molar-refractivity contribution in [2.24, 2.45) is 0 Å². The number of nitrogens with two attached hydrogens (primary N) is 1. The van der Waals surface area contributed by atoms with Gasteiger partial charge >= 0.3 is 0 Å². The lowest BCUT2D eigenvalue weighted by Crippen LogP contribution is -2.38. The smallest absolute Gasteiger partial charge is 0.274 e. The van der Waals surface area contributed by atoms with E-state index < -0.39 is 0 Å². The van der Waals surface area contributed by atoms with Gasteiger partial charge in [-0.1, -0.05) is 6.92 Å². The lowest BCUT2D eigenvalue weighted by Gasteiger charge is -2.25. The summed E-state index contributed by atoms with van der Waals surface area (Å²) in [7, 11) is 0. The lowest BCUT2D eigenvalue weighted by atomic mass is 10.2. The Morgan fingerprint density at radius 1 is 1.44 bits per heavy atom. The number of nitrogens with zero attached hydrogens (tertiary/aromatic N) is 3. The Balaban J connectivity index is 2.86. The number of carbonyl (C=O) groups is 1. The number of aromatic nitrogens is 2. The van der Waals surface area contributed by atoms with Crippen LogP contribution in [0.5, 0.6) is 0 Å². The molecule has 0 unspecified atom stereocenters. The summed E-state index contributed by atoms with van der Waals surface area (Å²) in [6.07, 6.45) is 0.923. The Morgan fingerprint density at radius 2 is 2.12 bits per heavy atom. The van der Waals surface area contributed by atoms with Crippen molar-refractivity contribution >= 4 is 11.7 Å². The summed E-state index contributed by atoms with van der Waals surface area (Å²) in [5.74, 6) is 0.229. The third-order valence-electron chi connectivity index (χ3n) is 2.25. The van der Waals surface area contributed by atoms with Gasteiger partial charge in [-0.25, -0.2) is 0 Å². The van der Waals surface area contributed by atoms with Gasteiger partial charge in [0.1, 0.15) is 5.82 Å². The van der Waals surface area contributed by atoms with E-state index in [-0.39, 0.29) is 11.9 Å². The van der Waals surface area contributed by atoms with E-state index >= 15 is 0 Å². The minimum Gasteiger partial charge on any atom is -0.382 e. The molecule has 1 amide bonds. The molecule has 0 aliphatic rings. The van der Waals surface area contributed by atoms with Crippen LogP contribution in [0.1, 0.15) is 37.7 Å². The van der Waals surface area contributed by atoms with Crippen LogP contribution in [0.3, 0.4) is 0 Å². The number of rotatable bonds is 4. The van der Waals surface area contributed by atoms with Gasteiger partial charge < -0.3 is 10.6 Å². The maximum Gasteiger partial charge on any atom is 0.274 e. The lowest BCUT2D eigenvalue weighted by molar-refractivity contribution is 0.0699. The molecule has 1 rings (SSSR count). The van der Waals surface area contributed by atoms with Crippen LogP contribution in [0.25, 0.3) is 0 Å². The Labute approximate surface area is 95.7 Å². The molecule has 16 heavy (non-hydrogen) atoms. The van der Waals surface area contributed by atoms with Crippen LogP contribution < -0.4 is 5.73 Å². The molecule has 1 aromatic rings. The standard InChI is InChI=1S/C11H18N4O/c1-4-7-15(8(2)3)11(16)9-5-6-10(12)14-13-9/h5-6,8H,4,7H2,1-3H3,(H2,12,14). The van der Waals surface area contributed by atoms with Crippen molar-refractivity contribution in [1.82, 2.24) is 15.1 Å². The van der Waals surface area contributed by atoms with Gasteiger partial charge in [0.25, 0.3) is 5.91 Å². The first-order chi connectivity index (χ1) is 7.56. The van der Waals surface area contributed by atoms with Gasteiger partial charge in [0, 0.05) is 12.6 Å². The van der Waals surface area contributed by atoms with E-state index in [0.717, 1.165) is 13.0 Å². The topological polar surface area (TPSA) is 72.1 Å². The molecule has 0 atom stereocenters. The number of nitrogen functional groups attached to an aromatic ring is 1. The van der Waals surface area contributed by atoms with Crippen molar-refractivity contribution in [2.45, 2.75) is 33.2 Å². The molecule has 0 saturated carbocycles. The molecule has 88 valence electrons. The molecule has 0 aliphatic heterocycles. The van der Waals surface area contributed by atoms with Crippen molar-refractivity contribution in [1.29, 1.82) is 0 Å². The molecule has 0 fully saturated rings. The Kier molecular flexibility index (Phi) is 4.22. The molecule has 0 saturated heterocycles. The van der Waals surface area contributed by atoms with E-state index in [1.165, 1.54) is 0 Å². The quantitative estimate of drug-likeness (QED) is 0.834. The number of amides is 1. The first-order valence-electron chi connectivity index (χ1n) is 5.46. The van der Waals surface area contributed by atoms with Crippen LogP contribution in [-0.2, 0) is 0 Å². The molecular weight excluding hydrogens is 204 g/mol. The van der Waals surface area contributed by atoms with Crippen molar-refractivity contribution in [3.8, 4) is 0 Å². The molecule has 1 heterocycles. The van der Waals surface area contributed by atoms with Crippen LogP contribution in [0.15, 0.2) is 12.1 Å². The molecule has 0 aliphatic carbocycles. The zero-order chi connectivity index (χ0) is 12.1. The fraction of sp³-hybridized carbons (Fsp3) is 0.545. The van der Waals surface area contributed by atoms with E-state index in [1.54, 1.807) is 17.0 Å². The third-order valence-corrected chi connectivity index (χ3v) is 2.25. The van der Waals surface area contributed by atoms with Crippen LogP contribution in [0.4, 0.5) is 5.82 Å². The van der Waals surface area contributed by atoms with Crippen LogP contribution >= 0.6 is 0 Å². The van der Waals surface area contributed by atoms with Gasteiger partial charge in [-0.05, 0) is 32.4 Å². The van der Waals surface area contributed by atoms with Crippen LogP contribution in [-0.4, -0.2) is 33.6 Å². The highest BCUT2D eigenvalue weighted by Gasteiger charge is 2.19. The largest absolute Gasteiger partial charge is 0.382 e. The van der Waals surface area contributed by atoms with Gasteiger partial charge in [0.15, 0.2) is 5.69 Å². The second-order valence-corrected chi connectivity index (χ2v) is 3.94. The van der Waals surface area contributed by atoms with E-state index in [1.807, 2.05) is 20.8 Å². The molecule has 2 N–H and O–H groups in total. The average molecular weight is 222 g/mol. The summed E-state index contributed by atoms with van der Waals surface area (Å²) in [5.41, 5.74) is 5.77. The summed E-state index contributed by atoms with van der Waals surface area (Å²) in [4.78, 5) is 13.8. The summed E-state index contributed by atoms with van der Waals surface area (Å²) in [6.45, 7) is 6.73. The monoisotopic (exact) mass is 222 g/mol. The predicted molar refractivity (Wildman–Crippen MR) is 62.9 cm³/mol. The Hall–Kier alpha value is -1.65. The first-order valence-corrected chi connectivity index (χ1v) is 5.46. The van der Waals surface area contributed by atoms with E-state index in [4.69, 9.17) is 5.73 Å². The molecule has 5 heteroatoms. The third kappa shape index (κ3) is 2.92. The number of hydrogen-bond acceptors (Lipinski definition) is 4. The summed E-state index contributed by atoms with van der Waals surface area (Å²) in [5, 5.41) is 7.48. The zero-order valence-electron chi connectivity index (χ0n) is 9.97. The number of hydrogen-bond donors (Lipinski definition) is 1. The minimum absolute atomic E-state index is 0.0932. The summed E-state index contributed by atoms with van der Waals surface area (Å²) in [6, 6.07) is 3.35. The van der Waals surface area contributed by atoms with E-state index in [0.29, 0.717) is 11.5 Å². The average Bonchev–Trinajstić information content (AvgIpc) is 2.25. The first kappa shape index (κ1) is 12.4.